The van der Waals surface area contributed by atoms with Crippen molar-refractivity contribution in [3.63, 3.8) is 0 Å². The number of aliphatic hydroxyl groups is 1. The highest BCUT2D eigenvalue weighted by atomic mass is 16.5. The minimum absolute atomic E-state index is 0.314. The van der Waals surface area contributed by atoms with E-state index in [1.54, 1.807) is 13.2 Å². The average molecular weight is 224 g/mol. The molecule has 90 valence electrons. The zero-order valence-electron chi connectivity index (χ0n) is 10.0. The molecule has 0 aliphatic rings. The molecule has 16 heavy (non-hydrogen) atoms. The molecular weight excluding hydrogens is 204 g/mol. The summed E-state index contributed by atoms with van der Waals surface area (Å²) in [6.45, 7) is 2.15. The number of nitrogens with zero attached hydrogens (tertiary/aromatic N) is 2. The van der Waals surface area contributed by atoms with Crippen molar-refractivity contribution in [1.29, 1.82) is 0 Å². The topological polar surface area (TPSA) is 55.2 Å². The number of aliphatic hydroxyl groups excluding tert-OH is 1. The first kappa shape index (κ1) is 12.9. The number of unbranched alkanes of at least 4 members (excludes halogenated alkanes) is 2. The number of hydrogen-bond donors (Lipinski definition) is 1. The number of aromatic nitrogens is 2. The van der Waals surface area contributed by atoms with Crippen molar-refractivity contribution < 1.29 is 9.84 Å². The fourth-order valence-corrected chi connectivity index (χ4v) is 1.57. The van der Waals surface area contributed by atoms with Crippen LogP contribution in [0.3, 0.4) is 0 Å². The van der Waals surface area contributed by atoms with Crippen molar-refractivity contribution in [2.24, 2.45) is 0 Å². The Morgan fingerprint density at radius 3 is 2.88 bits per heavy atom. The SMILES string of the molecule is CCCCCC(O)Cc1cc(OC)ncn1. The van der Waals surface area contributed by atoms with Crippen molar-refractivity contribution >= 4 is 0 Å². The quantitative estimate of drug-likeness (QED) is 0.719. The first-order chi connectivity index (χ1) is 7.76. The lowest BCUT2D eigenvalue weighted by Crippen LogP contribution is -2.11. The van der Waals surface area contributed by atoms with E-state index in [1.807, 2.05) is 0 Å². The maximum atomic E-state index is 9.79. The van der Waals surface area contributed by atoms with Crippen molar-refractivity contribution in [3.05, 3.63) is 18.1 Å². The highest BCUT2D eigenvalue weighted by molar-refractivity contribution is 5.13. The Bertz CT molecular complexity index is 305. The van der Waals surface area contributed by atoms with Crippen LogP contribution in [0.2, 0.25) is 0 Å². The van der Waals surface area contributed by atoms with E-state index in [0.717, 1.165) is 18.5 Å². The summed E-state index contributed by atoms with van der Waals surface area (Å²) in [5.41, 5.74) is 0.829. The Kier molecular flexibility index (Phi) is 5.78. The van der Waals surface area contributed by atoms with Crippen LogP contribution in [0.1, 0.15) is 38.3 Å². The van der Waals surface area contributed by atoms with Gasteiger partial charge < -0.3 is 9.84 Å². The summed E-state index contributed by atoms with van der Waals surface area (Å²) in [5.74, 6) is 0.547. The van der Waals surface area contributed by atoms with Gasteiger partial charge in [-0.2, -0.15) is 0 Å². The van der Waals surface area contributed by atoms with Crippen molar-refractivity contribution in [1.82, 2.24) is 9.97 Å². The molecule has 4 nitrogen and oxygen atoms in total. The minimum Gasteiger partial charge on any atom is -0.481 e. The van der Waals surface area contributed by atoms with Gasteiger partial charge in [0.2, 0.25) is 5.88 Å². The third-order valence-electron chi connectivity index (χ3n) is 2.49. The van der Waals surface area contributed by atoms with E-state index in [0.29, 0.717) is 12.3 Å². The van der Waals surface area contributed by atoms with Crippen LogP contribution in [0.25, 0.3) is 0 Å². The van der Waals surface area contributed by atoms with Gasteiger partial charge in [-0.25, -0.2) is 9.97 Å². The summed E-state index contributed by atoms with van der Waals surface area (Å²) in [7, 11) is 1.57. The van der Waals surface area contributed by atoms with Crippen molar-refractivity contribution in [3.8, 4) is 5.88 Å². The summed E-state index contributed by atoms with van der Waals surface area (Å²) in [6, 6.07) is 1.77. The lowest BCUT2D eigenvalue weighted by atomic mass is 10.1. The van der Waals surface area contributed by atoms with Gasteiger partial charge in [0, 0.05) is 12.5 Å². The molecule has 0 amide bonds. The number of methoxy groups -OCH3 is 1. The molecule has 0 aromatic carbocycles. The van der Waals surface area contributed by atoms with Gasteiger partial charge in [0.15, 0.2) is 0 Å². The molecule has 1 aromatic heterocycles. The average Bonchev–Trinajstić information content (AvgIpc) is 2.29. The molecule has 1 unspecified atom stereocenters. The van der Waals surface area contributed by atoms with E-state index in [9.17, 15) is 5.11 Å². The van der Waals surface area contributed by atoms with Gasteiger partial charge in [-0.1, -0.05) is 26.2 Å². The maximum absolute atomic E-state index is 9.79. The summed E-state index contributed by atoms with van der Waals surface area (Å²) in [6.07, 6.45) is 5.97. The molecule has 1 atom stereocenters. The van der Waals surface area contributed by atoms with Crippen LogP contribution in [-0.2, 0) is 6.42 Å². The van der Waals surface area contributed by atoms with E-state index < -0.39 is 0 Å². The van der Waals surface area contributed by atoms with Crippen LogP contribution in [0, 0.1) is 0 Å². The Labute approximate surface area is 96.7 Å². The second-order valence-electron chi connectivity index (χ2n) is 3.91. The minimum atomic E-state index is -0.314. The number of rotatable bonds is 7. The normalized spacial score (nSPS) is 12.4. The summed E-state index contributed by atoms with van der Waals surface area (Å²) < 4.78 is 5.00. The molecule has 0 saturated carbocycles. The van der Waals surface area contributed by atoms with Crippen molar-refractivity contribution in [2.75, 3.05) is 7.11 Å². The second-order valence-corrected chi connectivity index (χ2v) is 3.91. The summed E-state index contributed by atoms with van der Waals surface area (Å²) >= 11 is 0. The first-order valence-electron chi connectivity index (χ1n) is 5.79. The zero-order chi connectivity index (χ0) is 11.8. The van der Waals surface area contributed by atoms with Gasteiger partial charge in [-0.3, -0.25) is 0 Å². The lowest BCUT2D eigenvalue weighted by Gasteiger charge is -2.09. The molecule has 4 heteroatoms. The van der Waals surface area contributed by atoms with E-state index in [-0.39, 0.29) is 6.10 Å². The van der Waals surface area contributed by atoms with Gasteiger partial charge in [0.25, 0.3) is 0 Å². The van der Waals surface area contributed by atoms with Gasteiger partial charge in [0.05, 0.1) is 18.9 Å². The molecular formula is C12H20N2O2. The molecule has 0 spiro atoms. The molecule has 1 heterocycles. The largest absolute Gasteiger partial charge is 0.481 e. The number of ether oxygens (including phenoxy) is 1. The third-order valence-corrected chi connectivity index (χ3v) is 2.49. The Balaban J connectivity index is 2.39. The van der Waals surface area contributed by atoms with Crippen LogP contribution in [0.5, 0.6) is 5.88 Å². The molecule has 0 saturated heterocycles. The predicted molar refractivity (Wildman–Crippen MR) is 62.4 cm³/mol. The van der Waals surface area contributed by atoms with E-state index in [2.05, 4.69) is 16.9 Å². The molecule has 1 N–H and O–H groups in total. The van der Waals surface area contributed by atoms with E-state index >= 15 is 0 Å². The first-order valence-corrected chi connectivity index (χ1v) is 5.79. The van der Waals surface area contributed by atoms with Crippen LogP contribution < -0.4 is 4.74 Å². The van der Waals surface area contributed by atoms with E-state index in [1.165, 1.54) is 19.2 Å². The molecule has 0 fully saturated rings. The van der Waals surface area contributed by atoms with Crippen LogP contribution in [-0.4, -0.2) is 28.3 Å². The summed E-state index contributed by atoms with van der Waals surface area (Å²) in [5, 5.41) is 9.79. The smallest absolute Gasteiger partial charge is 0.216 e. The van der Waals surface area contributed by atoms with Gasteiger partial charge in [-0.05, 0) is 6.42 Å². The molecule has 1 aromatic rings. The molecule has 0 aliphatic carbocycles. The fraction of sp³-hybridized carbons (Fsp3) is 0.667. The molecule has 0 aliphatic heterocycles. The Morgan fingerprint density at radius 2 is 2.19 bits per heavy atom. The van der Waals surface area contributed by atoms with Crippen LogP contribution in [0.4, 0.5) is 0 Å². The predicted octanol–water partition coefficient (Wildman–Crippen LogP) is 1.97. The number of hydrogen-bond acceptors (Lipinski definition) is 4. The molecule has 0 bridgehead atoms. The second kappa shape index (κ2) is 7.17. The third kappa shape index (κ3) is 4.57. The standard InChI is InChI=1S/C12H20N2O2/c1-3-4-5-6-11(15)7-10-8-12(16-2)14-9-13-10/h8-9,11,15H,3-7H2,1-2H3. The lowest BCUT2D eigenvalue weighted by molar-refractivity contribution is 0.160. The zero-order valence-corrected chi connectivity index (χ0v) is 10.0. The Hall–Kier alpha value is -1.16. The van der Waals surface area contributed by atoms with E-state index in [4.69, 9.17) is 4.74 Å². The van der Waals surface area contributed by atoms with Gasteiger partial charge in [-0.15, -0.1) is 0 Å². The monoisotopic (exact) mass is 224 g/mol. The molecule has 0 radical (unpaired) electrons. The Morgan fingerprint density at radius 1 is 1.38 bits per heavy atom. The van der Waals surface area contributed by atoms with Crippen LogP contribution >= 0.6 is 0 Å². The summed E-state index contributed by atoms with van der Waals surface area (Å²) in [4.78, 5) is 8.03. The maximum Gasteiger partial charge on any atom is 0.216 e. The van der Waals surface area contributed by atoms with Gasteiger partial charge >= 0.3 is 0 Å². The highest BCUT2D eigenvalue weighted by Gasteiger charge is 2.07. The van der Waals surface area contributed by atoms with Gasteiger partial charge in [0.1, 0.15) is 6.33 Å². The molecule has 1 rings (SSSR count). The van der Waals surface area contributed by atoms with Crippen LogP contribution in [0.15, 0.2) is 12.4 Å². The van der Waals surface area contributed by atoms with Crippen molar-refractivity contribution in [2.45, 2.75) is 45.1 Å². The highest BCUT2D eigenvalue weighted by Crippen LogP contribution is 2.11. The fourth-order valence-electron chi connectivity index (χ4n) is 1.57.